The Morgan fingerprint density at radius 2 is 2.22 bits per heavy atom. The van der Waals surface area contributed by atoms with Gasteiger partial charge < -0.3 is 11.1 Å². The minimum Gasteiger partial charge on any atom is -0.368 e. The molecule has 0 amide bonds. The first-order valence-corrected chi connectivity index (χ1v) is 6.17. The van der Waals surface area contributed by atoms with Crippen molar-refractivity contribution in [2.24, 2.45) is 0 Å². The molecule has 0 spiro atoms. The number of nitrogens with one attached hydrogen (secondary N) is 1. The third-order valence-electron chi connectivity index (χ3n) is 3.39. The highest BCUT2D eigenvalue weighted by Crippen LogP contribution is 2.28. The molecule has 1 aromatic carbocycles. The van der Waals surface area contributed by atoms with Crippen molar-refractivity contribution in [3.05, 3.63) is 29.7 Å². The van der Waals surface area contributed by atoms with E-state index in [-0.39, 0.29) is 17.7 Å². The van der Waals surface area contributed by atoms with Crippen LogP contribution in [0.25, 0.3) is 10.9 Å². The minimum atomic E-state index is -0.263. The van der Waals surface area contributed by atoms with Gasteiger partial charge in [0.1, 0.15) is 5.82 Å². The van der Waals surface area contributed by atoms with Crippen LogP contribution in [0.5, 0.6) is 0 Å². The maximum absolute atomic E-state index is 13.4. The fourth-order valence-electron chi connectivity index (χ4n) is 2.54. The van der Waals surface area contributed by atoms with Crippen LogP contribution in [0.15, 0.2) is 18.2 Å². The number of benzene rings is 1. The van der Waals surface area contributed by atoms with E-state index in [0.717, 1.165) is 37.0 Å². The molecule has 3 rings (SSSR count). The number of anilines is 1. The van der Waals surface area contributed by atoms with Crippen LogP contribution in [0.3, 0.4) is 0 Å². The van der Waals surface area contributed by atoms with Gasteiger partial charge in [-0.05, 0) is 37.6 Å². The molecule has 1 aliphatic rings. The highest BCUT2D eigenvalue weighted by Gasteiger charge is 2.20. The fraction of sp³-hybridized carbons (Fsp3) is 0.385. The average molecular weight is 246 g/mol. The third kappa shape index (κ3) is 2.01. The van der Waals surface area contributed by atoms with Crippen LogP contribution in [0.1, 0.15) is 24.5 Å². The molecule has 3 N–H and O–H groups in total. The normalized spacial score (nSPS) is 20.2. The molecule has 94 valence electrons. The van der Waals surface area contributed by atoms with Crippen LogP contribution < -0.4 is 11.1 Å². The van der Waals surface area contributed by atoms with Gasteiger partial charge in [-0.3, -0.25) is 0 Å². The van der Waals surface area contributed by atoms with E-state index in [1.807, 2.05) is 0 Å². The van der Waals surface area contributed by atoms with Gasteiger partial charge in [0.15, 0.2) is 0 Å². The maximum atomic E-state index is 13.4. The van der Waals surface area contributed by atoms with E-state index in [0.29, 0.717) is 5.52 Å². The topological polar surface area (TPSA) is 63.8 Å². The number of hydrogen-bond acceptors (Lipinski definition) is 4. The van der Waals surface area contributed by atoms with Crippen LogP contribution in [0, 0.1) is 5.82 Å². The van der Waals surface area contributed by atoms with Crippen molar-refractivity contribution in [2.45, 2.75) is 18.8 Å². The molecule has 0 saturated carbocycles. The van der Waals surface area contributed by atoms with Crippen molar-refractivity contribution < 1.29 is 4.39 Å². The molecule has 1 fully saturated rings. The lowest BCUT2D eigenvalue weighted by Crippen LogP contribution is -2.29. The summed E-state index contributed by atoms with van der Waals surface area (Å²) < 4.78 is 13.4. The largest absolute Gasteiger partial charge is 0.368 e. The number of nitrogens with two attached hydrogens (primary N) is 1. The second kappa shape index (κ2) is 4.49. The van der Waals surface area contributed by atoms with Crippen molar-refractivity contribution in [1.82, 2.24) is 15.3 Å². The summed E-state index contributed by atoms with van der Waals surface area (Å²) in [6.07, 6.45) is 2.15. The summed E-state index contributed by atoms with van der Waals surface area (Å²) in [6.45, 7) is 1.89. The molecule has 4 nitrogen and oxygen atoms in total. The van der Waals surface area contributed by atoms with Crippen molar-refractivity contribution in [2.75, 3.05) is 18.8 Å². The lowest BCUT2D eigenvalue weighted by atomic mass is 9.93. The molecule has 1 atom stereocenters. The third-order valence-corrected chi connectivity index (χ3v) is 3.39. The summed E-state index contributed by atoms with van der Waals surface area (Å²) in [6, 6.07) is 4.55. The lowest BCUT2D eigenvalue weighted by molar-refractivity contribution is 0.457. The van der Waals surface area contributed by atoms with E-state index in [4.69, 9.17) is 5.73 Å². The van der Waals surface area contributed by atoms with Gasteiger partial charge in [0.25, 0.3) is 0 Å². The van der Waals surface area contributed by atoms with Crippen LogP contribution in [-0.2, 0) is 0 Å². The first kappa shape index (κ1) is 11.3. The molecule has 1 unspecified atom stereocenters. The summed E-state index contributed by atoms with van der Waals surface area (Å²) in [5, 5.41) is 4.11. The van der Waals surface area contributed by atoms with Gasteiger partial charge in [-0.15, -0.1) is 0 Å². The van der Waals surface area contributed by atoms with Crippen LogP contribution in [0.4, 0.5) is 10.3 Å². The molecular weight excluding hydrogens is 231 g/mol. The zero-order chi connectivity index (χ0) is 12.5. The highest BCUT2D eigenvalue weighted by molar-refractivity contribution is 5.82. The fourth-order valence-corrected chi connectivity index (χ4v) is 2.54. The molecule has 2 aromatic rings. The van der Waals surface area contributed by atoms with Gasteiger partial charge in [-0.1, -0.05) is 0 Å². The first-order chi connectivity index (χ1) is 8.74. The van der Waals surface area contributed by atoms with Gasteiger partial charge in [0.2, 0.25) is 5.95 Å². The van der Waals surface area contributed by atoms with Crippen molar-refractivity contribution in [3.63, 3.8) is 0 Å². The van der Waals surface area contributed by atoms with Crippen LogP contribution in [0.2, 0.25) is 0 Å². The number of halogens is 1. The molecule has 1 aliphatic heterocycles. The van der Waals surface area contributed by atoms with Gasteiger partial charge in [-0.25, -0.2) is 14.4 Å². The lowest BCUT2D eigenvalue weighted by Gasteiger charge is -2.23. The summed E-state index contributed by atoms with van der Waals surface area (Å²) in [5.41, 5.74) is 7.31. The molecule has 1 saturated heterocycles. The Kier molecular flexibility index (Phi) is 2.83. The van der Waals surface area contributed by atoms with Crippen molar-refractivity contribution >= 4 is 16.9 Å². The predicted molar refractivity (Wildman–Crippen MR) is 68.8 cm³/mol. The van der Waals surface area contributed by atoms with Crippen LogP contribution in [-0.4, -0.2) is 23.1 Å². The van der Waals surface area contributed by atoms with Gasteiger partial charge in [-0.2, -0.15) is 0 Å². The Balaban J connectivity index is 2.16. The summed E-state index contributed by atoms with van der Waals surface area (Å²) >= 11 is 0. The number of nitrogen functional groups attached to an aromatic ring is 1. The van der Waals surface area contributed by atoms with Gasteiger partial charge in [0.05, 0.1) is 11.2 Å². The van der Waals surface area contributed by atoms with E-state index >= 15 is 0 Å². The summed E-state index contributed by atoms with van der Waals surface area (Å²) in [7, 11) is 0. The second-order valence-corrected chi connectivity index (χ2v) is 4.67. The van der Waals surface area contributed by atoms with Gasteiger partial charge >= 0.3 is 0 Å². The Morgan fingerprint density at radius 1 is 1.33 bits per heavy atom. The summed E-state index contributed by atoms with van der Waals surface area (Å²) in [4.78, 5) is 8.48. The van der Waals surface area contributed by atoms with E-state index in [1.54, 1.807) is 6.07 Å². The SMILES string of the molecule is Nc1nc(C2CCCNC2)c2cc(F)ccc2n1. The average Bonchev–Trinajstić information content (AvgIpc) is 2.39. The van der Waals surface area contributed by atoms with E-state index < -0.39 is 0 Å². The number of fused-ring (bicyclic) bond motifs is 1. The predicted octanol–water partition coefficient (Wildman–Crippen LogP) is 1.82. The number of rotatable bonds is 1. The molecule has 1 aromatic heterocycles. The van der Waals surface area contributed by atoms with E-state index in [1.165, 1.54) is 12.1 Å². The summed E-state index contributed by atoms with van der Waals surface area (Å²) in [5.74, 6) is 0.281. The second-order valence-electron chi connectivity index (χ2n) is 4.67. The molecular formula is C13H15FN4. The Hall–Kier alpha value is -1.75. The van der Waals surface area contributed by atoms with Gasteiger partial charge in [0, 0.05) is 17.8 Å². The number of aromatic nitrogens is 2. The Bertz CT molecular complexity index is 578. The highest BCUT2D eigenvalue weighted by atomic mass is 19.1. The number of hydrogen-bond donors (Lipinski definition) is 2. The molecule has 18 heavy (non-hydrogen) atoms. The van der Waals surface area contributed by atoms with Crippen molar-refractivity contribution in [3.8, 4) is 0 Å². The quantitative estimate of drug-likeness (QED) is 0.805. The monoisotopic (exact) mass is 246 g/mol. The van der Waals surface area contributed by atoms with E-state index in [2.05, 4.69) is 15.3 Å². The zero-order valence-electron chi connectivity index (χ0n) is 9.99. The van der Waals surface area contributed by atoms with Crippen molar-refractivity contribution in [1.29, 1.82) is 0 Å². The zero-order valence-corrected chi connectivity index (χ0v) is 9.99. The molecule has 5 heteroatoms. The standard InChI is InChI=1S/C13H15FN4/c14-9-3-4-11-10(6-9)12(18-13(15)17-11)8-2-1-5-16-7-8/h3-4,6,8,16H,1-2,5,7H2,(H2,15,17,18). The molecule has 0 radical (unpaired) electrons. The van der Waals surface area contributed by atoms with Crippen LogP contribution >= 0.6 is 0 Å². The smallest absolute Gasteiger partial charge is 0.220 e. The number of piperidine rings is 1. The van der Waals surface area contributed by atoms with E-state index in [9.17, 15) is 4.39 Å². The molecule has 0 bridgehead atoms. The minimum absolute atomic E-state index is 0.259. The molecule has 0 aliphatic carbocycles. The number of nitrogens with zero attached hydrogens (tertiary/aromatic N) is 2. The Labute approximate surface area is 104 Å². The Morgan fingerprint density at radius 3 is 3.00 bits per heavy atom. The first-order valence-electron chi connectivity index (χ1n) is 6.17. The molecule has 2 heterocycles. The maximum Gasteiger partial charge on any atom is 0.220 e.